The molecule has 0 amide bonds. The van der Waals surface area contributed by atoms with Crippen molar-refractivity contribution in [3.8, 4) is 17.2 Å². The number of benzene rings is 2. The number of para-hydroxylation sites is 2. The van der Waals surface area contributed by atoms with Crippen molar-refractivity contribution >= 4 is 15.9 Å². The molecule has 0 saturated carbocycles. The second-order valence-electron chi connectivity index (χ2n) is 3.53. The fourth-order valence-electron chi connectivity index (χ4n) is 1.39. The Morgan fingerprint density at radius 2 is 1.76 bits per heavy atom. The maximum atomic E-state index is 9.67. The van der Waals surface area contributed by atoms with Crippen LogP contribution in [0.2, 0.25) is 0 Å². The van der Waals surface area contributed by atoms with Crippen molar-refractivity contribution in [2.45, 2.75) is 6.61 Å². The molecule has 0 spiro atoms. The predicted octanol–water partition coefficient (Wildman–Crippen LogP) is 3.44. The summed E-state index contributed by atoms with van der Waals surface area (Å²) in [4.78, 5) is 0. The lowest BCUT2D eigenvalue weighted by Gasteiger charge is -2.09. The number of hydrogen-bond acceptors (Lipinski definition) is 3. The van der Waals surface area contributed by atoms with Crippen molar-refractivity contribution in [1.82, 2.24) is 0 Å². The molecule has 2 aromatic rings. The SMILES string of the molecule is Oc1cc(Br)ccc1COc1ccccc1O. The number of phenolic OH excluding ortho intramolecular Hbond substituents is 2. The van der Waals surface area contributed by atoms with Crippen molar-refractivity contribution < 1.29 is 14.9 Å². The Morgan fingerprint density at radius 1 is 1.00 bits per heavy atom. The molecule has 88 valence electrons. The van der Waals surface area contributed by atoms with E-state index in [2.05, 4.69) is 15.9 Å². The van der Waals surface area contributed by atoms with Crippen LogP contribution in [0.3, 0.4) is 0 Å². The van der Waals surface area contributed by atoms with Gasteiger partial charge in [-0.25, -0.2) is 0 Å². The Morgan fingerprint density at radius 3 is 2.47 bits per heavy atom. The van der Waals surface area contributed by atoms with Gasteiger partial charge in [0.2, 0.25) is 0 Å². The van der Waals surface area contributed by atoms with E-state index in [0.717, 1.165) is 4.47 Å². The Bertz CT molecular complexity index is 526. The summed E-state index contributed by atoms with van der Waals surface area (Å²) in [6, 6.07) is 11.9. The molecule has 3 nitrogen and oxygen atoms in total. The third-order valence-electron chi connectivity index (χ3n) is 2.30. The van der Waals surface area contributed by atoms with Crippen LogP contribution in [0.15, 0.2) is 46.9 Å². The van der Waals surface area contributed by atoms with Crippen LogP contribution in [-0.2, 0) is 6.61 Å². The molecule has 0 saturated heterocycles. The molecule has 4 heteroatoms. The van der Waals surface area contributed by atoms with Gasteiger partial charge in [0, 0.05) is 10.0 Å². The number of ether oxygens (including phenoxy) is 1. The quantitative estimate of drug-likeness (QED) is 0.912. The summed E-state index contributed by atoms with van der Waals surface area (Å²) >= 11 is 3.26. The zero-order valence-electron chi connectivity index (χ0n) is 8.93. The van der Waals surface area contributed by atoms with Crippen LogP contribution < -0.4 is 4.74 Å². The lowest BCUT2D eigenvalue weighted by molar-refractivity contribution is 0.283. The van der Waals surface area contributed by atoms with E-state index in [-0.39, 0.29) is 18.1 Å². The predicted molar refractivity (Wildman–Crippen MR) is 68.2 cm³/mol. The molecular formula is C13H11BrO3. The van der Waals surface area contributed by atoms with Crippen molar-refractivity contribution in [3.05, 3.63) is 52.5 Å². The third-order valence-corrected chi connectivity index (χ3v) is 2.79. The minimum Gasteiger partial charge on any atom is -0.507 e. The second kappa shape index (κ2) is 5.10. The van der Waals surface area contributed by atoms with Gasteiger partial charge < -0.3 is 14.9 Å². The van der Waals surface area contributed by atoms with Crippen LogP contribution in [0.5, 0.6) is 17.2 Å². The Balaban J connectivity index is 2.10. The van der Waals surface area contributed by atoms with Crippen LogP contribution in [0.25, 0.3) is 0 Å². The maximum Gasteiger partial charge on any atom is 0.161 e. The molecule has 0 aromatic heterocycles. The van der Waals surface area contributed by atoms with E-state index in [9.17, 15) is 10.2 Å². The monoisotopic (exact) mass is 294 g/mol. The van der Waals surface area contributed by atoms with E-state index in [1.165, 1.54) is 0 Å². The van der Waals surface area contributed by atoms with E-state index in [1.807, 2.05) is 6.07 Å². The summed E-state index contributed by atoms with van der Waals surface area (Å²) in [5.41, 5.74) is 0.663. The molecule has 0 heterocycles. The second-order valence-corrected chi connectivity index (χ2v) is 4.45. The van der Waals surface area contributed by atoms with Crippen LogP contribution in [0.1, 0.15) is 5.56 Å². The van der Waals surface area contributed by atoms with Gasteiger partial charge in [0.25, 0.3) is 0 Å². The summed E-state index contributed by atoms with van der Waals surface area (Å²) in [5, 5.41) is 19.2. The molecule has 0 atom stereocenters. The number of rotatable bonds is 3. The highest BCUT2D eigenvalue weighted by Gasteiger charge is 2.05. The lowest BCUT2D eigenvalue weighted by Crippen LogP contribution is -1.95. The fourth-order valence-corrected chi connectivity index (χ4v) is 1.74. The first kappa shape index (κ1) is 11.8. The first-order valence-electron chi connectivity index (χ1n) is 5.05. The molecule has 2 N–H and O–H groups in total. The zero-order chi connectivity index (χ0) is 12.3. The zero-order valence-corrected chi connectivity index (χ0v) is 10.5. The number of phenols is 2. The molecule has 0 bridgehead atoms. The summed E-state index contributed by atoms with van der Waals surface area (Å²) in [6.45, 7) is 0.205. The first-order valence-corrected chi connectivity index (χ1v) is 5.84. The van der Waals surface area contributed by atoms with Crippen LogP contribution in [-0.4, -0.2) is 10.2 Å². The molecule has 0 unspecified atom stereocenters. The van der Waals surface area contributed by atoms with Crippen molar-refractivity contribution in [2.24, 2.45) is 0 Å². The topological polar surface area (TPSA) is 49.7 Å². The van der Waals surface area contributed by atoms with Gasteiger partial charge >= 0.3 is 0 Å². The summed E-state index contributed by atoms with van der Waals surface area (Å²) < 4.78 is 6.22. The Kier molecular flexibility index (Phi) is 3.54. The van der Waals surface area contributed by atoms with E-state index in [0.29, 0.717) is 11.3 Å². The number of halogens is 1. The minimum absolute atomic E-state index is 0.0871. The van der Waals surface area contributed by atoms with E-state index < -0.39 is 0 Å². The van der Waals surface area contributed by atoms with Gasteiger partial charge in [0.15, 0.2) is 11.5 Å². The summed E-state index contributed by atoms with van der Waals surface area (Å²) in [6.07, 6.45) is 0. The Hall–Kier alpha value is -1.68. The van der Waals surface area contributed by atoms with Gasteiger partial charge in [-0.05, 0) is 24.3 Å². The van der Waals surface area contributed by atoms with E-state index in [1.54, 1.807) is 36.4 Å². The number of hydrogen-bond donors (Lipinski definition) is 2. The third kappa shape index (κ3) is 2.91. The molecular weight excluding hydrogens is 284 g/mol. The van der Waals surface area contributed by atoms with Crippen molar-refractivity contribution in [2.75, 3.05) is 0 Å². The fraction of sp³-hybridized carbons (Fsp3) is 0.0769. The van der Waals surface area contributed by atoms with Crippen LogP contribution in [0.4, 0.5) is 0 Å². The standard InChI is InChI=1S/C13H11BrO3/c14-10-6-5-9(12(16)7-10)8-17-13-4-2-1-3-11(13)15/h1-7,15-16H,8H2. The van der Waals surface area contributed by atoms with Crippen molar-refractivity contribution in [3.63, 3.8) is 0 Å². The number of aromatic hydroxyl groups is 2. The maximum absolute atomic E-state index is 9.67. The molecule has 0 aliphatic rings. The minimum atomic E-state index is 0.0871. The molecule has 2 aromatic carbocycles. The average Bonchev–Trinajstić information content (AvgIpc) is 2.30. The van der Waals surface area contributed by atoms with E-state index >= 15 is 0 Å². The highest BCUT2D eigenvalue weighted by molar-refractivity contribution is 9.10. The van der Waals surface area contributed by atoms with Gasteiger partial charge in [0.1, 0.15) is 12.4 Å². The highest BCUT2D eigenvalue weighted by atomic mass is 79.9. The molecule has 17 heavy (non-hydrogen) atoms. The first-order chi connectivity index (χ1) is 8.16. The van der Waals surface area contributed by atoms with Gasteiger partial charge in [-0.15, -0.1) is 0 Å². The Labute approximate surface area is 107 Å². The molecule has 0 radical (unpaired) electrons. The van der Waals surface area contributed by atoms with Gasteiger partial charge in [-0.1, -0.05) is 34.1 Å². The van der Waals surface area contributed by atoms with Crippen LogP contribution in [0, 0.1) is 0 Å². The molecule has 2 rings (SSSR count). The molecule has 0 fully saturated rings. The lowest BCUT2D eigenvalue weighted by atomic mass is 10.2. The molecule has 0 aliphatic carbocycles. The van der Waals surface area contributed by atoms with Gasteiger partial charge in [-0.2, -0.15) is 0 Å². The normalized spacial score (nSPS) is 10.2. The highest BCUT2D eigenvalue weighted by Crippen LogP contribution is 2.27. The van der Waals surface area contributed by atoms with Gasteiger partial charge in [-0.3, -0.25) is 0 Å². The smallest absolute Gasteiger partial charge is 0.161 e. The summed E-state index contributed by atoms with van der Waals surface area (Å²) in [7, 11) is 0. The van der Waals surface area contributed by atoms with Crippen LogP contribution >= 0.6 is 15.9 Å². The van der Waals surface area contributed by atoms with Crippen molar-refractivity contribution in [1.29, 1.82) is 0 Å². The van der Waals surface area contributed by atoms with Gasteiger partial charge in [0.05, 0.1) is 0 Å². The average molecular weight is 295 g/mol. The largest absolute Gasteiger partial charge is 0.507 e. The van der Waals surface area contributed by atoms with E-state index in [4.69, 9.17) is 4.74 Å². The molecule has 0 aliphatic heterocycles. The summed E-state index contributed by atoms with van der Waals surface area (Å²) in [5.74, 6) is 0.647.